The third-order valence-electron chi connectivity index (χ3n) is 3.26. The van der Waals surface area contributed by atoms with Crippen molar-refractivity contribution in [1.29, 1.82) is 0 Å². The van der Waals surface area contributed by atoms with Gasteiger partial charge in [0.15, 0.2) is 6.23 Å². The minimum Gasteiger partial charge on any atom is -0.446 e. The summed E-state index contributed by atoms with van der Waals surface area (Å²) in [6.07, 6.45) is 0.825. The van der Waals surface area contributed by atoms with E-state index in [1.807, 2.05) is 32.9 Å². The van der Waals surface area contributed by atoms with Gasteiger partial charge in [0.05, 0.1) is 5.92 Å². The van der Waals surface area contributed by atoms with Crippen LogP contribution < -0.4 is 5.32 Å². The molecule has 0 aliphatic carbocycles. The van der Waals surface area contributed by atoms with Crippen LogP contribution in [0.4, 0.5) is 0 Å². The van der Waals surface area contributed by atoms with E-state index in [-0.39, 0.29) is 18.1 Å². The molecule has 0 spiro atoms. The standard InChI is InChI=1S/C17H27NO2/c1-6-18-14(5)20-17(19)13(4)16-9-7-15(8-10-16)11-12(2)3/h7-10,12-14,18H,6,11H2,1-5H3. The molecule has 0 heterocycles. The van der Waals surface area contributed by atoms with Gasteiger partial charge in [0.25, 0.3) is 0 Å². The van der Waals surface area contributed by atoms with Crippen LogP contribution in [0.15, 0.2) is 24.3 Å². The Labute approximate surface area is 122 Å². The van der Waals surface area contributed by atoms with Crippen molar-refractivity contribution >= 4 is 5.97 Å². The molecule has 0 fully saturated rings. The van der Waals surface area contributed by atoms with Crippen LogP contribution in [0, 0.1) is 5.92 Å². The Bertz CT molecular complexity index is 412. The molecule has 0 radical (unpaired) electrons. The summed E-state index contributed by atoms with van der Waals surface area (Å²) >= 11 is 0. The van der Waals surface area contributed by atoms with Gasteiger partial charge in [0.1, 0.15) is 0 Å². The van der Waals surface area contributed by atoms with Crippen LogP contribution in [0.1, 0.15) is 51.7 Å². The highest BCUT2D eigenvalue weighted by Gasteiger charge is 2.18. The Morgan fingerprint density at radius 1 is 1.15 bits per heavy atom. The Morgan fingerprint density at radius 3 is 2.25 bits per heavy atom. The monoisotopic (exact) mass is 277 g/mol. The summed E-state index contributed by atoms with van der Waals surface area (Å²) in [7, 11) is 0. The molecule has 0 amide bonds. The largest absolute Gasteiger partial charge is 0.446 e. The van der Waals surface area contributed by atoms with Crippen molar-refractivity contribution in [2.75, 3.05) is 6.54 Å². The number of carbonyl (C=O) groups is 1. The number of hydrogen-bond acceptors (Lipinski definition) is 3. The first-order chi connectivity index (χ1) is 9.43. The summed E-state index contributed by atoms with van der Waals surface area (Å²) in [5, 5.41) is 3.07. The van der Waals surface area contributed by atoms with Crippen LogP contribution in [0.2, 0.25) is 0 Å². The Balaban J connectivity index is 2.62. The second-order valence-electron chi connectivity index (χ2n) is 5.70. The molecule has 0 saturated carbocycles. The summed E-state index contributed by atoms with van der Waals surface area (Å²) in [5.41, 5.74) is 2.32. The molecular weight excluding hydrogens is 250 g/mol. The summed E-state index contributed by atoms with van der Waals surface area (Å²) in [6.45, 7) is 10.9. The van der Waals surface area contributed by atoms with Crippen molar-refractivity contribution in [1.82, 2.24) is 5.32 Å². The van der Waals surface area contributed by atoms with Gasteiger partial charge in [-0.05, 0) is 43.9 Å². The fourth-order valence-corrected chi connectivity index (χ4v) is 2.16. The van der Waals surface area contributed by atoms with Crippen molar-refractivity contribution in [3.05, 3.63) is 35.4 Å². The molecule has 20 heavy (non-hydrogen) atoms. The van der Waals surface area contributed by atoms with Gasteiger partial charge in [-0.2, -0.15) is 0 Å². The molecule has 2 unspecified atom stereocenters. The van der Waals surface area contributed by atoms with E-state index in [0.29, 0.717) is 5.92 Å². The van der Waals surface area contributed by atoms with Gasteiger partial charge in [0, 0.05) is 0 Å². The first kappa shape index (κ1) is 16.7. The highest BCUT2D eigenvalue weighted by Crippen LogP contribution is 2.19. The molecule has 2 atom stereocenters. The molecule has 0 aliphatic rings. The molecule has 0 bridgehead atoms. The smallest absolute Gasteiger partial charge is 0.314 e. The van der Waals surface area contributed by atoms with Crippen molar-refractivity contribution in [3.8, 4) is 0 Å². The van der Waals surface area contributed by atoms with Gasteiger partial charge in [-0.25, -0.2) is 0 Å². The highest BCUT2D eigenvalue weighted by molar-refractivity contribution is 5.77. The number of nitrogens with one attached hydrogen (secondary N) is 1. The van der Waals surface area contributed by atoms with Crippen LogP contribution in [0.25, 0.3) is 0 Å². The minimum atomic E-state index is -0.241. The molecule has 3 nitrogen and oxygen atoms in total. The fourth-order valence-electron chi connectivity index (χ4n) is 2.16. The first-order valence-electron chi connectivity index (χ1n) is 7.46. The Hall–Kier alpha value is -1.35. The molecule has 1 rings (SSSR count). The third-order valence-corrected chi connectivity index (χ3v) is 3.26. The maximum atomic E-state index is 12.0. The quantitative estimate of drug-likeness (QED) is 0.612. The van der Waals surface area contributed by atoms with Crippen LogP contribution in [-0.2, 0) is 16.0 Å². The number of ether oxygens (including phenoxy) is 1. The lowest BCUT2D eigenvalue weighted by molar-refractivity contribution is -0.151. The van der Waals surface area contributed by atoms with E-state index in [2.05, 4.69) is 31.3 Å². The average molecular weight is 277 g/mol. The molecule has 1 aromatic rings. The molecule has 1 aromatic carbocycles. The van der Waals surface area contributed by atoms with Crippen molar-refractivity contribution in [2.24, 2.45) is 5.92 Å². The molecule has 1 N–H and O–H groups in total. The van der Waals surface area contributed by atoms with Gasteiger partial charge in [-0.1, -0.05) is 45.0 Å². The number of benzene rings is 1. The highest BCUT2D eigenvalue weighted by atomic mass is 16.6. The van der Waals surface area contributed by atoms with Crippen molar-refractivity contribution in [3.63, 3.8) is 0 Å². The van der Waals surface area contributed by atoms with E-state index in [1.165, 1.54) is 5.56 Å². The average Bonchev–Trinajstić information content (AvgIpc) is 2.38. The zero-order valence-corrected chi connectivity index (χ0v) is 13.3. The lowest BCUT2D eigenvalue weighted by atomic mass is 9.97. The normalized spacial score (nSPS) is 14.1. The number of carbonyl (C=O) groups excluding carboxylic acids is 1. The van der Waals surface area contributed by atoms with E-state index < -0.39 is 0 Å². The SMILES string of the molecule is CCNC(C)OC(=O)C(C)c1ccc(CC(C)C)cc1. The van der Waals surface area contributed by atoms with Crippen molar-refractivity contribution < 1.29 is 9.53 Å². The van der Waals surface area contributed by atoms with Gasteiger partial charge in [-0.15, -0.1) is 0 Å². The summed E-state index contributed by atoms with van der Waals surface area (Å²) < 4.78 is 5.35. The first-order valence-corrected chi connectivity index (χ1v) is 7.46. The number of hydrogen-bond donors (Lipinski definition) is 1. The zero-order chi connectivity index (χ0) is 15.1. The number of esters is 1. The molecule has 0 aromatic heterocycles. The Kier molecular flexibility index (Phi) is 6.73. The predicted molar refractivity (Wildman–Crippen MR) is 82.6 cm³/mol. The molecule has 3 heteroatoms. The lowest BCUT2D eigenvalue weighted by Gasteiger charge is -2.17. The van der Waals surface area contributed by atoms with E-state index in [4.69, 9.17) is 4.74 Å². The molecule has 0 saturated heterocycles. The summed E-state index contributed by atoms with van der Waals surface area (Å²) in [4.78, 5) is 12.0. The molecule has 112 valence electrons. The van der Waals surface area contributed by atoms with Crippen molar-refractivity contribution in [2.45, 2.75) is 53.2 Å². The van der Waals surface area contributed by atoms with Crippen LogP contribution in [0.3, 0.4) is 0 Å². The topological polar surface area (TPSA) is 38.3 Å². The third kappa shape index (κ3) is 5.33. The zero-order valence-electron chi connectivity index (χ0n) is 13.3. The maximum Gasteiger partial charge on any atom is 0.314 e. The predicted octanol–water partition coefficient (Wildman–Crippen LogP) is 3.49. The maximum absolute atomic E-state index is 12.0. The van der Waals surface area contributed by atoms with E-state index >= 15 is 0 Å². The van der Waals surface area contributed by atoms with Gasteiger partial charge < -0.3 is 4.74 Å². The number of rotatable bonds is 7. The minimum absolute atomic E-state index is 0.185. The molecule has 0 aliphatic heterocycles. The van der Waals surface area contributed by atoms with E-state index in [1.54, 1.807) is 0 Å². The van der Waals surface area contributed by atoms with Gasteiger partial charge >= 0.3 is 5.97 Å². The summed E-state index contributed by atoms with van der Waals surface area (Å²) in [6, 6.07) is 8.27. The fraction of sp³-hybridized carbons (Fsp3) is 0.588. The van der Waals surface area contributed by atoms with E-state index in [9.17, 15) is 4.79 Å². The summed E-state index contributed by atoms with van der Waals surface area (Å²) in [5.74, 6) is 0.225. The van der Waals surface area contributed by atoms with Crippen LogP contribution >= 0.6 is 0 Å². The molecular formula is C17H27NO2. The second kappa shape index (κ2) is 8.05. The van der Waals surface area contributed by atoms with Crippen LogP contribution in [0.5, 0.6) is 0 Å². The van der Waals surface area contributed by atoms with Gasteiger partial charge in [-0.3, -0.25) is 10.1 Å². The second-order valence-corrected chi connectivity index (χ2v) is 5.70. The Morgan fingerprint density at radius 2 is 1.75 bits per heavy atom. The lowest BCUT2D eigenvalue weighted by Crippen LogP contribution is -2.32. The van der Waals surface area contributed by atoms with Crippen LogP contribution in [-0.4, -0.2) is 18.7 Å². The van der Waals surface area contributed by atoms with E-state index in [0.717, 1.165) is 18.5 Å². The van der Waals surface area contributed by atoms with Gasteiger partial charge in [0.2, 0.25) is 0 Å².